The van der Waals surface area contributed by atoms with Gasteiger partial charge in [0.2, 0.25) is 0 Å². The number of nitrogens with zero attached hydrogens (tertiary/aromatic N) is 4. The zero-order valence-corrected chi connectivity index (χ0v) is 18.4. The van der Waals surface area contributed by atoms with E-state index in [2.05, 4.69) is 31.4 Å². The van der Waals surface area contributed by atoms with E-state index in [1.165, 1.54) is 0 Å². The quantitative estimate of drug-likeness (QED) is 0.459. The number of hydrogen-bond acceptors (Lipinski definition) is 3. The fourth-order valence-corrected chi connectivity index (χ4v) is 3.77. The molecule has 0 fully saturated rings. The van der Waals surface area contributed by atoms with Crippen LogP contribution in [-0.4, -0.2) is 25.5 Å². The molecule has 0 aliphatic carbocycles. The minimum absolute atomic E-state index is 0.107. The first-order valence-electron chi connectivity index (χ1n) is 9.67. The summed E-state index contributed by atoms with van der Waals surface area (Å²) in [5.74, 6) is -0.107. The number of carbonyl (C=O) groups excluding carboxylic acids is 1. The molecule has 0 radical (unpaired) electrons. The van der Waals surface area contributed by atoms with Gasteiger partial charge in [0.05, 0.1) is 28.6 Å². The Labute approximate surface area is 183 Å². The Hall–Kier alpha value is -3.19. The Bertz CT molecular complexity index is 1180. The molecule has 0 aliphatic heterocycles. The van der Waals surface area contributed by atoms with Crippen molar-refractivity contribution in [2.45, 2.75) is 26.9 Å². The number of halogens is 1. The van der Waals surface area contributed by atoms with Gasteiger partial charge in [-0.2, -0.15) is 10.2 Å². The molecule has 1 N–H and O–H groups in total. The van der Waals surface area contributed by atoms with Gasteiger partial charge >= 0.3 is 0 Å². The predicted octanol–water partition coefficient (Wildman–Crippen LogP) is 4.43. The first-order chi connectivity index (χ1) is 14.5. The number of nitrogens with one attached hydrogen (secondary N) is 1. The van der Waals surface area contributed by atoms with Crippen molar-refractivity contribution in [3.05, 3.63) is 99.5 Å². The number of aromatic nitrogens is 4. The highest BCUT2D eigenvalue weighted by Crippen LogP contribution is 2.18. The van der Waals surface area contributed by atoms with Gasteiger partial charge in [0.15, 0.2) is 0 Å². The van der Waals surface area contributed by atoms with Crippen molar-refractivity contribution in [1.29, 1.82) is 0 Å². The molecular formula is C23H22BrN5O. The van der Waals surface area contributed by atoms with Gasteiger partial charge in [-0.05, 0) is 59.6 Å². The molecule has 4 aromatic rings. The average molecular weight is 464 g/mol. The van der Waals surface area contributed by atoms with Gasteiger partial charge < -0.3 is 5.32 Å². The number of amides is 1. The van der Waals surface area contributed by atoms with E-state index < -0.39 is 0 Å². The maximum atomic E-state index is 12.8. The van der Waals surface area contributed by atoms with E-state index >= 15 is 0 Å². The average Bonchev–Trinajstić information content (AvgIpc) is 3.29. The molecule has 0 aliphatic rings. The lowest BCUT2D eigenvalue weighted by Gasteiger charge is -2.09. The number of hydrogen-bond donors (Lipinski definition) is 1. The lowest BCUT2D eigenvalue weighted by atomic mass is 10.1. The van der Waals surface area contributed by atoms with Crippen molar-refractivity contribution in [1.82, 2.24) is 24.9 Å². The van der Waals surface area contributed by atoms with Crippen LogP contribution in [0.3, 0.4) is 0 Å². The molecule has 0 saturated heterocycles. The molecule has 0 atom stereocenters. The van der Waals surface area contributed by atoms with Gasteiger partial charge in [-0.25, -0.2) is 4.68 Å². The van der Waals surface area contributed by atoms with Gasteiger partial charge in [-0.15, -0.1) is 0 Å². The zero-order chi connectivity index (χ0) is 21.1. The standard InChI is InChI=1S/C23H22BrN5O/c1-16-22(17(2)29(27-16)21-9-4-3-5-10-21)13-25-23(30)19-8-6-7-18(11-19)14-28-15-20(24)12-26-28/h3-12,15H,13-14H2,1-2H3,(H,25,30). The van der Waals surface area contributed by atoms with Gasteiger partial charge in [0.1, 0.15) is 0 Å². The van der Waals surface area contributed by atoms with Crippen LogP contribution in [0.15, 0.2) is 71.5 Å². The molecule has 6 nitrogen and oxygen atoms in total. The van der Waals surface area contributed by atoms with Crippen LogP contribution in [0.5, 0.6) is 0 Å². The largest absolute Gasteiger partial charge is 0.348 e. The monoisotopic (exact) mass is 463 g/mol. The maximum Gasteiger partial charge on any atom is 0.251 e. The molecule has 2 aromatic heterocycles. The van der Waals surface area contributed by atoms with Gasteiger partial charge in [-0.3, -0.25) is 9.48 Å². The van der Waals surface area contributed by atoms with Crippen LogP contribution >= 0.6 is 15.9 Å². The SMILES string of the molecule is Cc1nn(-c2ccccc2)c(C)c1CNC(=O)c1cccc(Cn2cc(Br)cn2)c1. The zero-order valence-electron chi connectivity index (χ0n) is 16.8. The third-order valence-electron chi connectivity index (χ3n) is 5.00. The Morgan fingerprint density at radius 1 is 1.10 bits per heavy atom. The van der Waals surface area contributed by atoms with E-state index in [1.807, 2.05) is 84.0 Å². The van der Waals surface area contributed by atoms with Crippen molar-refractivity contribution in [3.63, 3.8) is 0 Å². The Morgan fingerprint density at radius 2 is 1.90 bits per heavy atom. The first kappa shape index (κ1) is 20.1. The van der Waals surface area contributed by atoms with Crippen molar-refractivity contribution >= 4 is 21.8 Å². The number of carbonyl (C=O) groups is 1. The summed E-state index contributed by atoms with van der Waals surface area (Å²) in [4.78, 5) is 12.8. The minimum atomic E-state index is -0.107. The fraction of sp³-hybridized carbons (Fsp3) is 0.174. The molecule has 30 heavy (non-hydrogen) atoms. The van der Waals surface area contributed by atoms with Crippen LogP contribution < -0.4 is 5.32 Å². The van der Waals surface area contributed by atoms with Gasteiger partial charge in [-0.1, -0.05) is 30.3 Å². The molecular weight excluding hydrogens is 442 g/mol. The van der Waals surface area contributed by atoms with E-state index in [4.69, 9.17) is 0 Å². The van der Waals surface area contributed by atoms with E-state index in [1.54, 1.807) is 6.20 Å². The van der Waals surface area contributed by atoms with Crippen molar-refractivity contribution in [2.24, 2.45) is 0 Å². The third kappa shape index (κ3) is 4.36. The van der Waals surface area contributed by atoms with Crippen LogP contribution in [-0.2, 0) is 13.1 Å². The highest BCUT2D eigenvalue weighted by molar-refractivity contribution is 9.10. The molecule has 0 unspecified atom stereocenters. The molecule has 2 aromatic carbocycles. The lowest BCUT2D eigenvalue weighted by molar-refractivity contribution is 0.0950. The van der Waals surface area contributed by atoms with E-state index in [0.717, 1.165) is 32.7 Å². The van der Waals surface area contributed by atoms with Crippen molar-refractivity contribution in [2.75, 3.05) is 0 Å². The Balaban J connectivity index is 1.46. The smallest absolute Gasteiger partial charge is 0.251 e. The van der Waals surface area contributed by atoms with E-state index in [9.17, 15) is 4.79 Å². The van der Waals surface area contributed by atoms with Gasteiger partial charge in [0, 0.05) is 29.6 Å². The fourth-order valence-electron chi connectivity index (χ4n) is 3.44. The molecule has 4 rings (SSSR count). The molecule has 0 saturated carbocycles. The molecule has 2 heterocycles. The number of para-hydroxylation sites is 1. The van der Waals surface area contributed by atoms with Crippen molar-refractivity contribution < 1.29 is 4.79 Å². The summed E-state index contributed by atoms with van der Waals surface area (Å²) in [5, 5.41) is 11.9. The van der Waals surface area contributed by atoms with Crippen LogP contribution in [0.2, 0.25) is 0 Å². The molecule has 1 amide bonds. The summed E-state index contributed by atoms with van der Waals surface area (Å²) in [6, 6.07) is 17.6. The predicted molar refractivity (Wildman–Crippen MR) is 120 cm³/mol. The molecule has 7 heteroatoms. The molecule has 152 valence electrons. The van der Waals surface area contributed by atoms with E-state index in [0.29, 0.717) is 18.7 Å². The van der Waals surface area contributed by atoms with E-state index in [-0.39, 0.29) is 5.91 Å². The number of rotatable bonds is 6. The molecule has 0 bridgehead atoms. The van der Waals surface area contributed by atoms with Gasteiger partial charge in [0.25, 0.3) is 5.91 Å². The normalized spacial score (nSPS) is 10.9. The summed E-state index contributed by atoms with van der Waals surface area (Å²) in [7, 11) is 0. The minimum Gasteiger partial charge on any atom is -0.348 e. The second-order valence-electron chi connectivity index (χ2n) is 7.14. The Morgan fingerprint density at radius 3 is 2.63 bits per heavy atom. The Kier molecular flexibility index (Phi) is 5.81. The van der Waals surface area contributed by atoms with Crippen LogP contribution in [0.4, 0.5) is 0 Å². The summed E-state index contributed by atoms with van der Waals surface area (Å²) < 4.78 is 4.67. The first-order valence-corrected chi connectivity index (χ1v) is 10.5. The van der Waals surface area contributed by atoms with Crippen LogP contribution in [0.25, 0.3) is 5.69 Å². The topological polar surface area (TPSA) is 64.7 Å². The highest BCUT2D eigenvalue weighted by atomic mass is 79.9. The second kappa shape index (κ2) is 8.67. The summed E-state index contributed by atoms with van der Waals surface area (Å²) >= 11 is 3.40. The summed E-state index contributed by atoms with van der Waals surface area (Å²) in [6.45, 7) is 5.03. The third-order valence-corrected chi connectivity index (χ3v) is 5.41. The summed E-state index contributed by atoms with van der Waals surface area (Å²) in [5.41, 5.74) is 5.62. The lowest BCUT2D eigenvalue weighted by Crippen LogP contribution is -2.23. The van der Waals surface area contributed by atoms with Crippen molar-refractivity contribution in [3.8, 4) is 5.69 Å². The molecule has 0 spiro atoms. The van der Waals surface area contributed by atoms with Crippen LogP contribution in [0.1, 0.15) is 32.9 Å². The maximum absolute atomic E-state index is 12.8. The highest BCUT2D eigenvalue weighted by Gasteiger charge is 2.14. The number of aryl methyl sites for hydroxylation is 1. The second-order valence-corrected chi connectivity index (χ2v) is 8.05. The number of benzene rings is 2. The van der Waals surface area contributed by atoms with Crippen LogP contribution in [0, 0.1) is 13.8 Å². The summed E-state index contributed by atoms with van der Waals surface area (Å²) in [6.07, 6.45) is 3.65.